The van der Waals surface area contributed by atoms with Gasteiger partial charge in [0.05, 0.1) is 13.2 Å². The lowest BCUT2D eigenvalue weighted by molar-refractivity contribution is 0.0344. The number of nitrogens with one attached hydrogen (secondary N) is 1. The summed E-state index contributed by atoms with van der Waals surface area (Å²) in [7, 11) is 0. The van der Waals surface area contributed by atoms with Crippen LogP contribution in [0.3, 0.4) is 0 Å². The van der Waals surface area contributed by atoms with Crippen LogP contribution in [-0.2, 0) is 4.74 Å². The molecule has 0 aromatic carbocycles. The molecule has 18 heavy (non-hydrogen) atoms. The summed E-state index contributed by atoms with van der Waals surface area (Å²) in [6.45, 7) is 9.12. The predicted octanol–water partition coefficient (Wildman–Crippen LogP) is 0.535. The monoisotopic (exact) mass is 253 g/mol. The maximum Gasteiger partial charge on any atom is 0.0594 e. The molecule has 3 aliphatic rings. The molecule has 0 bridgehead atoms. The van der Waals surface area contributed by atoms with Crippen molar-refractivity contribution in [2.45, 2.75) is 37.8 Å². The summed E-state index contributed by atoms with van der Waals surface area (Å²) < 4.78 is 5.39. The molecule has 0 amide bonds. The molecule has 1 saturated carbocycles. The maximum absolute atomic E-state index is 5.39. The smallest absolute Gasteiger partial charge is 0.0594 e. The molecule has 0 radical (unpaired) electrons. The first kappa shape index (κ1) is 12.9. The molecule has 104 valence electrons. The molecule has 2 saturated heterocycles. The van der Waals surface area contributed by atoms with Crippen molar-refractivity contribution in [3.63, 3.8) is 0 Å². The van der Waals surface area contributed by atoms with Gasteiger partial charge in [0.15, 0.2) is 0 Å². The van der Waals surface area contributed by atoms with E-state index in [2.05, 4.69) is 15.1 Å². The number of rotatable bonds is 4. The van der Waals surface area contributed by atoms with E-state index in [1.54, 1.807) is 0 Å². The highest BCUT2D eigenvalue weighted by Gasteiger charge is 2.34. The summed E-state index contributed by atoms with van der Waals surface area (Å²) in [5, 5.41) is 3.68. The molecule has 3 fully saturated rings. The third-order valence-electron chi connectivity index (χ3n) is 4.78. The Balaban J connectivity index is 1.39. The Hall–Kier alpha value is -0.160. The van der Waals surface area contributed by atoms with Gasteiger partial charge in [-0.3, -0.25) is 9.80 Å². The molecule has 0 unspecified atom stereocenters. The standard InChI is InChI=1S/C14H27N3O/c1-3-13-14(4-1)17(8-5-15-13)7-2-6-16-9-11-18-12-10-16/h13-15H,1-12H2/t13-,14-/m0/s1. The van der Waals surface area contributed by atoms with Crippen LogP contribution < -0.4 is 5.32 Å². The molecule has 2 heterocycles. The highest BCUT2D eigenvalue weighted by atomic mass is 16.5. The van der Waals surface area contributed by atoms with E-state index in [9.17, 15) is 0 Å². The first-order chi connectivity index (χ1) is 8.93. The van der Waals surface area contributed by atoms with Crippen molar-refractivity contribution in [1.82, 2.24) is 15.1 Å². The summed E-state index contributed by atoms with van der Waals surface area (Å²) >= 11 is 0. The molecule has 2 aliphatic heterocycles. The van der Waals surface area contributed by atoms with Gasteiger partial charge in [-0.25, -0.2) is 0 Å². The van der Waals surface area contributed by atoms with Crippen molar-refractivity contribution < 1.29 is 4.74 Å². The van der Waals surface area contributed by atoms with Crippen molar-refractivity contribution in [2.75, 3.05) is 52.5 Å². The van der Waals surface area contributed by atoms with Crippen LogP contribution in [0.15, 0.2) is 0 Å². The van der Waals surface area contributed by atoms with Gasteiger partial charge in [0.1, 0.15) is 0 Å². The van der Waals surface area contributed by atoms with Crippen LogP contribution in [0.1, 0.15) is 25.7 Å². The van der Waals surface area contributed by atoms with E-state index in [0.29, 0.717) is 0 Å². The summed E-state index contributed by atoms with van der Waals surface area (Å²) in [4.78, 5) is 5.30. The highest BCUT2D eigenvalue weighted by Crippen LogP contribution is 2.26. The Morgan fingerprint density at radius 1 is 1.06 bits per heavy atom. The van der Waals surface area contributed by atoms with Crippen LogP contribution in [0.4, 0.5) is 0 Å². The largest absolute Gasteiger partial charge is 0.379 e. The van der Waals surface area contributed by atoms with Gasteiger partial charge in [0.2, 0.25) is 0 Å². The number of ether oxygens (including phenoxy) is 1. The van der Waals surface area contributed by atoms with E-state index in [4.69, 9.17) is 4.74 Å². The summed E-state index contributed by atoms with van der Waals surface area (Å²) in [5.41, 5.74) is 0. The Labute approximate surface area is 111 Å². The van der Waals surface area contributed by atoms with Gasteiger partial charge in [-0.2, -0.15) is 0 Å². The van der Waals surface area contributed by atoms with E-state index >= 15 is 0 Å². The van der Waals surface area contributed by atoms with Crippen molar-refractivity contribution in [1.29, 1.82) is 0 Å². The number of fused-ring (bicyclic) bond motifs is 1. The van der Waals surface area contributed by atoms with Gasteiger partial charge >= 0.3 is 0 Å². The Morgan fingerprint density at radius 3 is 2.83 bits per heavy atom. The van der Waals surface area contributed by atoms with Crippen LogP contribution in [0.5, 0.6) is 0 Å². The fourth-order valence-corrected chi connectivity index (χ4v) is 3.77. The van der Waals surface area contributed by atoms with Crippen molar-refractivity contribution in [3.8, 4) is 0 Å². The zero-order valence-electron chi connectivity index (χ0n) is 11.4. The molecule has 4 nitrogen and oxygen atoms in total. The Morgan fingerprint density at radius 2 is 1.94 bits per heavy atom. The van der Waals surface area contributed by atoms with Crippen molar-refractivity contribution in [2.24, 2.45) is 0 Å². The normalized spacial score (nSPS) is 34.7. The molecule has 2 atom stereocenters. The SMILES string of the molecule is C1C[C@@H]2NCCN(CCCN3CCOCC3)[C@H]2C1. The number of morpholine rings is 1. The van der Waals surface area contributed by atoms with Gasteiger partial charge in [-0.15, -0.1) is 0 Å². The van der Waals surface area contributed by atoms with Crippen molar-refractivity contribution in [3.05, 3.63) is 0 Å². The minimum absolute atomic E-state index is 0.794. The minimum atomic E-state index is 0.794. The second-order valence-corrected chi connectivity index (χ2v) is 5.90. The van der Waals surface area contributed by atoms with Crippen molar-refractivity contribution >= 4 is 0 Å². The van der Waals surface area contributed by atoms with Gasteiger partial charge in [-0.05, 0) is 32.4 Å². The van der Waals surface area contributed by atoms with E-state index in [1.807, 2.05) is 0 Å². The molecule has 3 rings (SSSR count). The van der Waals surface area contributed by atoms with Crippen LogP contribution in [0, 0.1) is 0 Å². The molecule has 0 spiro atoms. The fourth-order valence-electron chi connectivity index (χ4n) is 3.77. The maximum atomic E-state index is 5.39. The molecule has 0 aromatic heterocycles. The molecular formula is C14H27N3O. The highest BCUT2D eigenvalue weighted by molar-refractivity contribution is 4.93. The first-order valence-corrected chi connectivity index (χ1v) is 7.71. The number of piperazine rings is 1. The molecule has 1 aliphatic carbocycles. The zero-order valence-corrected chi connectivity index (χ0v) is 11.4. The molecular weight excluding hydrogens is 226 g/mol. The second-order valence-electron chi connectivity index (χ2n) is 5.90. The van der Waals surface area contributed by atoms with Crippen LogP contribution in [0.2, 0.25) is 0 Å². The Bertz CT molecular complexity index is 255. The summed E-state index contributed by atoms with van der Waals surface area (Å²) in [6, 6.07) is 1.63. The molecule has 4 heteroatoms. The minimum Gasteiger partial charge on any atom is -0.379 e. The number of hydrogen-bond donors (Lipinski definition) is 1. The first-order valence-electron chi connectivity index (χ1n) is 7.71. The van der Waals surface area contributed by atoms with Crippen LogP contribution in [0.25, 0.3) is 0 Å². The van der Waals surface area contributed by atoms with Gasteiger partial charge in [0.25, 0.3) is 0 Å². The van der Waals surface area contributed by atoms with Gasteiger partial charge < -0.3 is 10.1 Å². The third-order valence-corrected chi connectivity index (χ3v) is 4.78. The van der Waals surface area contributed by atoms with E-state index < -0.39 is 0 Å². The lowest BCUT2D eigenvalue weighted by atomic mass is 10.1. The Kier molecular flexibility index (Phi) is 4.52. The lowest BCUT2D eigenvalue weighted by Gasteiger charge is -2.39. The average molecular weight is 253 g/mol. The van der Waals surface area contributed by atoms with E-state index in [0.717, 1.165) is 38.4 Å². The predicted molar refractivity (Wildman–Crippen MR) is 72.9 cm³/mol. The lowest BCUT2D eigenvalue weighted by Crippen LogP contribution is -2.55. The summed E-state index contributed by atoms with van der Waals surface area (Å²) in [5.74, 6) is 0. The van der Waals surface area contributed by atoms with E-state index in [1.165, 1.54) is 51.9 Å². The fraction of sp³-hybridized carbons (Fsp3) is 1.00. The molecule has 0 aromatic rings. The van der Waals surface area contributed by atoms with Gasteiger partial charge in [-0.1, -0.05) is 6.42 Å². The third kappa shape index (κ3) is 3.05. The number of nitrogens with zero attached hydrogens (tertiary/aromatic N) is 2. The topological polar surface area (TPSA) is 27.7 Å². The summed E-state index contributed by atoms with van der Waals surface area (Å²) in [6.07, 6.45) is 5.55. The quantitative estimate of drug-likeness (QED) is 0.791. The van der Waals surface area contributed by atoms with E-state index in [-0.39, 0.29) is 0 Å². The zero-order chi connectivity index (χ0) is 12.2. The number of hydrogen-bond acceptors (Lipinski definition) is 4. The average Bonchev–Trinajstić information content (AvgIpc) is 2.89. The second kappa shape index (κ2) is 6.33. The van der Waals surface area contributed by atoms with Gasteiger partial charge in [0, 0.05) is 38.3 Å². The molecule has 1 N–H and O–H groups in total. The van der Waals surface area contributed by atoms with Crippen LogP contribution in [-0.4, -0.2) is 74.4 Å². The van der Waals surface area contributed by atoms with Crippen LogP contribution >= 0.6 is 0 Å².